The third-order valence-electron chi connectivity index (χ3n) is 5.39. The molecule has 6 nitrogen and oxygen atoms in total. The van der Waals surface area contributed by atoms with E-state index in [1.54, 1.807) is 0 Å². The highest BCUT2D eigenvalue weighted by molar-refractivity contribution is 5.93. The number of nitrogens with zero attached hydrogens (tertiary/aromatic N) is 2. The Morgan fingerprint density at radius 3 is 2.28 bits per heavy atom. The maximum atomic E-state index is 11.9. The van der Waals surface area contributed by atoms with Crippen molar-refractivity contribution in [3.63, 3.8) is 0 Å². The zero-order valence-electron chi connectivity index (χ0n) is 16.5. The van der Waals surface area contributed by atoms with Gasteiger partial charge in [0.1, 0.15) is 0 Å². The van der Waals surface area contributed by atoms with E-state index in [0.29, 0.717) is 5.69 Å². The smallest absolute Gasteiger partial charge is 0.309 e. The van der Waals surface area contributed by atoms with Crippen LogP contribution < -0.4 is 10.2 Å². The molecule has 0 radical (unpaired) electrons. The number of carbonyl (C=O) groups excluding carboxylic acids is 2. The maximum Gasteiger partial charge on any atom is 0.309 e. The van der Waals surface area contributed by atoms with Gasteiger partial charge >= 0.3 is 5.97 Å². The molecule has 152 valence electrons. The lowest BCUT2D eigenvalue weighted by atomic mass is 10.2. The van der Waals surface area contributed by atoms with Crippen LogP contribution in [0.25, 0.3) is 0 Å². The lowest BCUT2D eigenvalue weighted by molar-refractivity contribution is -0.148. The second kappa shape index (κ2) is 9.09. The van der Waals surface area contributed by atoms with Gasteiger partial charge in [-0.15, -0.1) is 0 Å². The molecule has 6 heteroatoms. The molecule has 0 aromatic heterocycles. The van der Waals surface area contributed by atoms with Crippen LogP contribution in [0.4, 0.5) is 11.4 Å². The van der Waals surface area contributed by atoms with E-state index in [1.165, 1.54) is 5.56 Å². The summed E-state index contributed by atoms with van der Waals surface area (Å²) in [6, 6.07) is 18.4. The highest BCUT2D eigenvalue weighted by atomic mass is 16.5. The average molecular weight is 393 g/mol. The Morgan fingerprint density at radius 2 is 1.62 bits per heavy atom. The predicted octanol–water partition coefficient (Wildman–Crippen LogP) is 2.90. The summed E-state index contributed by atoms with van der Waals surface area (Å²) in [5.41, 5.74) is 3.22. The van der Waals surface area contributed by atoms with Gasteiger partial charge in [0.25, 0.3) is 5.91 Å². The van der Waals surface area contributed by atoms with Crippen molar-refractivity contribution in [2.24, 2.45) is 5.92 Å². The van der Waals surface area contributed by atoms with E-state index < -0.39 is 0 Å². The minimum absolute atomic E-state index is 0.00948. The topological polar surface area (TPSA) is 61.9 Å². The first-order chi connectivity index (χ1) is 14.2. The van der Waals surface area contributed by atoms with Crippen LogP contribution in [0.2, 0.25) is 0 Å². The van der Waals surface area contributed by atoms with Gasteiger partial charge in [-0.1, -0.05) is 30.3 Å². The normalized spacial score (nSPS) is 17.0. The molecular formula is C23H27N3O3. The van der Waals surface area contributed by atoms with Crippen LogP contribution in [0.15, 0.2) is 54.6 Å². The van der Waals surface area contributed by atoms with Crippen LogP contribution in [0.1, 0.15) is 18.4 Å². The molecular weight excluding hydrogens is 366 g/mol. The van der Waals surface area contributed by atoms with Crippen molar-refractivity contribution in [2.45, 2.75) is 19.4 Å². The number of amides is 1. The van der Waals surface area contributed by atoms with Gasteiger partial charge in [-0.3, -0.25) is 14.5 Å². The average Bonchev–Trinajstić information content (AvgIpc) is 3.60. The van der Waals surface area contributed by atoms with Crippen molar-refractivity contribution in [2.75, 3.05) is 43.0 Å². The van der Waals surface area contributed by atoms with E-state index in [4.69, 9.17) is 4.74 Å². The van der Waals surface area contributed by atoms with Gasteiger partial charge in [-0.05, 0) is 42.7 Å². The first kappa shape index (κ1) is 19.5. The Hall–Kier alpha value is -2.86. The van der Waals surface area contributed by atoms with Gasteiger partial charge < -0.3 is 15.0 Å². The van der Waals surface area contributed by atoms with Crippen LogP contribution in [0.5, 0.6) is 0 Å². The second-order valence-electron chi connectivity index (χ2n) is 7.73. The molecule has 2 aliphatic rings. The predicted molar refractivity (Wildman–Crippen MR) is 113 cm³/mol. The Kier molecular flexibility index (Phi) is 6.10. The van der Waals surface area contributed by atoms with Gasteiger partial charge in [0, 0.05) is 44.1 Å². The molecule has 4 rings (SSSR count). The Morgan fingerprint density at radius 1 is 0.931 bits per heavy atom. The SMILES string of the molecule is O=C(COC(=O)C1CC1)Nc1ccc(N2CCN(Cc3ccccc3)CC2)cc1. The summed E-state index contributed by atoms with van der Waals surface area (Å²) in [6.07, 6.45) is 1.75. The lowest BCUT2D eigenvalue weighted by Crippen LogP contribution is -2.45. The van der Waals surface area contributed by atoms with Gasteiger partial charge in [0.2, 0.25) is 0 Å². The van der Waals surface area contributed by atoms with Crippen LogP contribution in [-0.4, -0.2) is 49.6 Å². The third kappa shape index (κ3) is 5.57. The Balaban J connectivity index is 1.22. The summed E-state index contributed by atoms with van der Waals surface area (Å²) in [6.45, 7) is 4.79. The van der Waals surface area contributed by atoms with Crippen LogP contribution >= 0.6 is 0 Å². The number of rotatable bonds is 7. The largest absolute Gasteiger partial charge is 0.455 e. The minimum atomic E-state index is -0.304. The standard InChI is InChI=1S/C23H27N3O3/c27-22(17-29-23(28)19-6-7-19)24-20-8-10-21(11-9-20)26-14-12-25(13-15-26)16-18-4-2-1-3-5-18/h1-5,8-11,19H,6-7,12-17H2,(H,24,27). The molecule has 0 unspecified atom stereocenters. The molecule has 2 aromatic carbocycles. The van der Waals surface area contributed by atoms with E-state index in [2.05, 4.69) is 39.4 Å². The molecule has 1 N–H and O–H groups in total. The van der Waals surface area contributed by atoms with Crippen LogP contribution in [0.3, 0.4) is 0 Å². The fourth-order valence-electron chi connectivity index (χ4n) is 3.53. The molecule has 1 saturated heterocycles. The quantitative estimate of drug-likeness (QED) is 0.733. The molecule has 1 aliphatic heterocycles. The Bertz CT molecular complexity index is 826. The molecule has 2 aromatic rings. The number of carbonyl (C=O) groups is 2. The van der Waals surface area contributed by atoms with Crippen molar-refractivity contribution in [3.8, 4) is 0 Å². The number of benzene rings is 2. The zero-order chi connectivity index (χ0) is 20.1. The van der Waals surface area contributed by atoms with E-state index in [9.17, 15) is 9.59 Å². The maximum absolute atomic E-state index is 11.9. The zero-order valence-corrected chi connectivity index (χ0v) is 16.5. The van der Waals surface area contributed by atoms with E-state index in [0.717, 1.165) is 51.3 Å². The van der Waals surface area contributed by atoms with Crippen molar-refractivity contribution in [1.29, 1.82) is 0 Å². The molecule has 1 amide bonds. The lowest BCUT2D eigenvalue weighted by Gasteiger charge is -2.36. The third-order valence-corrected chi connectivity index (χ3v) is 5.39. The summed E-state index contributed by atoms with van der Waals surface area (Å²) < 4.78 is 5.01. The molecule has 0 spiro atoms. The summed E-state index contributed by atoms with van der Waals surface area (Å²) in [5.74, 6) is -0.557. The molecule has 0 bridgehead atoms. The minimum Gasteiger partial charge on any atom is -0.455 e. The summed E-state index contributed by atoms with van der Waals surface area (Å²) in [7, 11) is 0. The number of esters is 1. The molecule has 0 atom stereocenters. The number of piperazine rings is 1. The highest BCUT2D eigenvalue weighted by Gasteiger charge is 2.31. The van der Waals surface area contributed by atoms with Crippen molar-refractivity contribution >= 4 is 23.3 Å². The molecule has 1 heterocycles. The van der Waals surface area contributed by atoms with Gasteiger partial charge in [-0.2, -0.15) is 0 Å². The molecule has 1 saturated carbocycles. The molecule has 2 fully saturated rings. The highest BCUT2D eigenvalue weighted by Crippen LogP contribution is 2.30. The fourth-order valence-corrected chi connectivity index (χ4v) is 3.53. The summed E-state index contributed by atoms with van der Waals surface area (Å²) in [4.78, 5) is 28.3. The van der Waals surface area contributed by atoms with Crippen LogP contribution in [0, 0.1) is 5.92 Å². The van der Waals surface area contributed by atoms with Gasteiger partial charge in [0.15, 0.2) is 6.61 Å². The van der Waals surface area contributed by atoms with Crippen molar-refractivity contribution in [3.05, 3.63) is 60.2 Å². The molecule has 29 heavy (non-hydrogen) atoms. The number of anilines is 2. The first-order valence-corrected chi connectivity index (χ1v) is 10.3. The number of ether oxygens (including phenoxy) is 1. The van der Waals surface area contributed by atoms with Crippen molar-refractivity contribution < 1.29 is 14.3 Å². The van der Waals surface area contributed by atoms with Gasteiger partial charge in [-0.25, -0.2) is 0 Å². The molecule has 1 aliphatic carbocycles. The summed E-state index contributed by atoms with van der Waals surface area (Å²) in [5, 5.41) is 2.78. The summed E-state index contributed by atoms with van der Waals surface area (Å²) >= 11 is 0. The number of hydrogen-bond acceptors (Lipinski definition) is 5. The van der Waals surface area contributed by atoms with E-state index >= 15 is 0 Å². The van der Waals surface area contributed by atoms with Crippen molar-refractivity contribution in [1.82, 2.24) is 4.90 Å². The van der Waals surface area contributed by atoms with E-state index in [1.807, 2.05) is 30.3 Å². The number of nitrogens with one attached hydrogen (secondary N) is 1. The monoisotopic (exact) mass is 393 g/mol. The number of hydrogen-bond donors (Lipinski definition) is 1. The second-order valence-corrected chi connectivity index (χ2v) is 7.73. The first-order valence-electron chi connectivity index (χ1n) is 10.3. The van der Waals surface area contributed by atoms with Crippen LogP contribution in [-0.2, 0) is 20.9 Å². The van der Waals surface area contributed by atoms with E-state index in [-0.39, 0.29) is 24.4 Å². The fraction of sp³-hybridized carbons (Fsp3) is 0.391. The van der Waals surface area contributed by atoms with Gasteiger partial charge in [0.05, 0.1) is 5.92 Å². The Labute approximate surface area is 171 Å².